The lowest BCUT2D eigenvalue weighted by molar-refractivity contribution is 0.363. The highest BCUT2D eigenvalue weighted by Gasteiger charge is 2.20. The zero-order chi connectivity index (χ0) is 12.3. The van der Waals surface area contributed by atoms with Crippen LogP contribution in [0.1, 0.15) is 64.2 Å². The molecule has 2 heterocycles. The Balaban J connectivity index is 2.09. The fourth-order valence-corrected chi connectivity index (χ4v) is 2.85. The van der Waals surface area contributed by atoms with Crippen LogP contribution in [0, 0.1) is 5.92 Å². The van der Waals surface area contributed by atoms with Crippen molar-refractivity contribution in [3.63, 3.8) is 0 Å². The van der Waals surface area contributed by atoms with Crippen LogP contribution in [0.3, 0.4) is 0 Å². The number of hydrogen-bond acceptors (Lipinski definition) is 2. The first-order chi connectivity index (χ1) is 8.18. The van der Waals surface area contributed by atoms with Crippen molar-refractivity contribution >= 4 is 0 Å². The minimum absolute atomic E-state index is 0.515. The molecule has 1 aromatic heterocycles. The Morgan fingerprint density at radius 1 is 1.41 bits per heavy atom. The highest BCUT2D eigenvalue weighted by atomic mass is 15.1. The molecular formula is C14H25N3. The molecule has 0 aromatic carbocycles. The van der Waals surface area contributed by atoms with Crippen LogP contribution in [0.25, 0.3) is 0 Å². The summed E-state index contributed by atoms with van der Waals surface area (Å²) in [5.74, 6) is 0.736. The van der Waals surface area contributed by atoms with Gasteiger partial charge in [-0.1, -0.05) is 20.3 Å². The molecule has 1 aliphatic heterocycles. The van der Waals surface area contributed by atoms with E-state index in [1.54, 1.807) is 0 Å². The van der Waals surface area contributed by atoms with Crippen LogP contribution in [0.2, 0.25) is 0 Å². The molecule has 1 fully saturated rings. The van der Waals surface area contributed by atoms with E-state index in [-0.39, 0.29) is 0 Å². The predicted octanol–water partition coefficient (Wildman–Crippen LogP) is 3.30. The van der Waals surface area contributed by atoms with Gasteiger partial charge in [0.2, 0.25) is 0 Å². The molecule has 3 nitrogen and oxygen atoms in total. The lowest BCUT2D eigenvalue weighted by atomic mass is 10.0. The summed E-state index contributed by atoms with van der Waals surface area (Å²) in [6.45, 7) is 8.01. The van der Waals surface area contributed by atoms with Gasteiger partial charge in [0.1, 0.15) is 0 Å². The first kappa shape index (κ1) is 12.6. The molecule has 1 aliphatic rings. The van der Waals surface area contributed by atoms with Gasteiger partial charge in [0.05, 0.1) is 12.0 Å². The standard InChI is InChI=1S/C14H25N3/c1-11(2)8-12(3)17-10-15-9-14(17)13-6-4-5-7-16-13/h9-13,16H,4-8H2,1-3H3. The number of hydrogen-bond donors (Lipinski definition) is 1. The van der Waals surface area contributed by atoms with Crippen LogP contribution in [-0.2, 0) is 0 Å². The molecule has 0 aliphatic carbocycles. The van der Waals surface area contributed by atoms with Gasteiger partial charge < -0.3 is 9.88 Å². The van der Waals surface area contributed by atoms with E-state index in [1.165, 1.54) is 31.4 Å². The Morgan fingerprint density at radius 3 is 2.88 bits per heavy atom. The highest BCUT2D eigenvalue weighted by Crippen LogP contribution is 2.26. The third-order valence-corrected chi connectivity index (χ3v) is 3.65. The van der Waals surface area contributed by atoms with Crippen LogP contribution >= 0.6 is 0 Å². The number of aromatic nitrogens is 2. The lowest BCUT2D eigenvalue weighted by Gasteiger charge is -2.27. The summed E-state index contributed by atoms with van der Waals surface area (Å²) < 4.78 is 2.36. The third-order valence-electron chi connectivity index (χ3n) is 3.65. The van der Waals surface area contributed by atoms with E-state index in [0.29, 0.717) is 12.1 Å². The number of piperidine rings is 1. The largest absolute Gasteiger partial charge is 0.330 e. The predicted molar refractivity (Wildman–Crippen MR) is 71.0 cm³/mol. The number of imidazole rings is 1. The van der Waals surface area contributed by atoms with Crippen molar-refractivity contribution in [2.75, 3.05) is 6.54 Å². The van der Waals surface area contributed by atoms with Gasteiger partial charge in [-0.3, -0.25) is 0 Å². The van der Waals surface area contributed by atoms with Crippen LogP contribution in [0.5, 0.6) is 0 Å². The van der Waals surface area contributed by atoms with E-state index < -0.39 is 0 Å². The summed E-state index contributed by atoms with van der Waals surface area (Å²) in [5, 5.41) is 3.61. The van der Waals surface area contributed by atoms with Crippen molar-refractivity contribution in [3.05, 3.63) is 18.2 Å². The smallest absolute Gasteiger partial charge is 0.0951 e. The Kier molecular flexibility index (Phi) is 4.21. The summed E-state index contributed by atoms with van der Waals surface area (Å²) in [6, 6.07) is 1.07. The molecule has 2 atom stereocenters. The Hall–Kier alpha value is -0.830. The van der Waals surface area contributed by atoms with Gasteiger partial charge in [0, 0.05) is 18.3 Å². The van der Waals surface area contributed by atoms with E-state index in [0.717, 1.165) is 12.5 Å². The number of nitrogens with zero attached hydrogens (tertiary/aromatic N) is 2. The van der Waals surface area contributed by atoms with Crippen LogP contribution in [-0.4, -0.2) is 16.1 Å². The molecule has 17 heavy (non-hydrogen) atoms. The van der Waals surface area contributed by atoms with Crippen molar-refractivity contribution < 1.29 is 0 Å². The zero-order valence-electron chi connectivity index (χ0n) is 11.3. The van der Waals surface area contributed by atoms with E-state index in [1.807, 2.05) is 12.5 Å². The Labute approximate surface area is 105 Å². The fourth-order valence-electron chi connectivity index (χ4n) is 2.85. The van der Waals surface area contributed by atoms with E-state index in [9.17, 15) is 0 Å². The monoisotopic (exact) mass is 235 g/mol. The van der Waals surface area contributed by atoms with Gasteiger partial charge in [-0.15, -0.1) is 0 Å². The van der Waals surface area contributed by atoms with Crippen molar-refractivity contribution in [1.82, 2.24) is 14.9 Å². The lowest BCUT2D eigenvalue weighted by Crippen LogP contribution is -2.29. The second-order valence-corrected chi connectivity index (χ2v) is 5.71. The molecule has 0 bridgehead atoms. The Bertz CT molecular complexity index is 337. The van der Waals surface area contributed by atoms with Gasteiger partial charge in [-0.25, -0.2) is 4.98 Å². The summed E-state index contributed by atoms with van der Waals surface area (Å²) in [4.78, 5) is 4.35. The van der Waals surface area contributed by atoms with E-state index in [2.05, 4.69) is 35.6 Å². The average molecular weight is 235 g/mol. The van der Waals surface area contributed by atoms with Crippen molar-refractivity contribution in [1.29, 1.82) is 0 Å². The maximum Gasteiger partial charge on any atom is 0.0951 e. The van der Waals surface area contributed by atoms with Gasteiger partial charge in [0.25, 0.3) is 0 Å². The van der Waals surface area contributed by atoms with E-state index >= 15 is 0 Å². The Morgan fingerprint density at radius 2 is 2.24 bits per heavy atom. The second kappa shape index (κ2) is 5.67. The van der Waals surface area contributed by atoms with Gasteiger partial charge in [-0.05, 0) is 38.6 Å². The highest BCUT2D eigenvalue weighted by molar-refractivity contribution is 5.07. The van der Waals surface area contributed by atoms with Crippen LogP contribution in [0.4, 0.5) is 0 Å². The maximum absolute atomic E-state index is 4.35. The minimum Gasteiger partial charge on any atom is -0.330 e. The van der Waals surface area contributed by atoms with Crippen LogP contribution in [0.15, 0.2) is 12.5 Å². The number of nitrogens with one attached hydrogen (secondary N) is 1. The molecule has 1 saturated heterocycles. The van der Waals surface area contributed by atoms with Crippen LogP contribution < -0.4 is 5.32 Å². The second-order valence-electron chi connectivity index (χ2n) is 5.71. The van der Waals surface area contributed by atoms with Gasteiger partial charge in [-0.2, -0.15) is 0 Å². The summed E-state index contributed by atoms with van der Waals surface area (Å²) >= 11 is 0. The molecule has 0 spiro atoms. The van der Waals surface area contributed by atoms with Gasteiger partial charge >= 0.3 is 0 Å². The molecule has 0 radical (unpaired) electrons. The summed E-state index contributed by atoms with van der Waals surface area (Å²) in [6.07, 6.45) is 9.16. The minimum atomic E-state index is 0.515. The van der Waals surface area contributed by atoms with Crippen molar-refractivity contribution in [3.8, 4) is 0 Å². The zero-order valence-corrected chi connectivity index (χ0v) is 11.3. The fraction of sp³-hybridized carbons (Fsp3) is 0.786. The average Bonchev–Trinajstić information content (AvgIpc) is 2.78. The normalized spacial score (nSPS) is 22.9. The molecule has 96 valence electrons. The summed E-state index contributed by atoms with van der Waals surface area (Å²) in [5.41, 5.74) is 1.37. The maximum atomic E-state index is 4.35. The quantitative estimate of drug-likeness (QED) is 0.867. The molecule has 2 rings (SSSR count). The molecule has 2 unspecified atom stereocenters. The first-order valence-electron chi connectivity index (χ1n) is 6.93. The van der Waals surface area contributed by atoms with Crippen molar-refractivity contribution in [2.45, 2.75) is 58.5 Å². The molecule has 0 saturated carbocycles. The molecular weight excluding hydrogens is 210 g/mol. The number of rotatable bonds is 4. The first-order valence-corrected chi connectivity index (χ1v) is 6.93. The van der Waals surface area contributed by atoms with Crippen molar-refractivity contribution in [2.24, 2.45) is 5.92 Å². The molecule has 1 N–H and O–H groups in total. The summed E-state index contributed by atoms with van der Waals surface area (Å²) in [7, 11) is 0. The topological polar surface area (TPSA) is 29.9 Å². The van der Waals surface area contributed by atoms with Gasteiger partial charge in [0.15, 0.2) is 0 Å². The molecule has 0 amide bonds. The molecule has 1 aromatic rings. The van der Waals surface area contributed by atoms with E-state index in [4.69, 9.17) is 0 Å². The third kappa shape index (κ3) is 3.09. The SMILES string of the molecule is CC(C)CC(C)n1cncc1C1CCCCN1. The molecule has 3 heteroatoms.